The summed E-state index contributed by atoms with van der Waals surface area (Å²) in [6.45, 7) is 2.32. The smallest absolute Gasteiger partial charge is 0.213 e. The van der Waals surface area contributed by atoms with Gasteiger partial charge in [-0.25, -0.2) is 4.98 Å². The van der Waals surface area contributed by atoms with Crippen LogP contribution in [0.4, 0.5) is 5.69 Å². The number of pyridine rings is 1. The van der Waals surface area contributed by atoms with Crippen molar-refractivity contribution >= 4 is 16.6 Å². The van der Waals surface area contributed by atoms with Crippen LogP contribution >= 0.6 is 0 Å². The fourth-order valence-electron chi connectivity index (χ4n) is 2.12. The molecule has 2 heterocycles. The molecule has 0 radical (unpaired) electrons. The Morgan fingerprint density at radius 1 is 1.33 bits per heavy atom. The number of aromatic nitrogens is 1. The molecular weight excluding hydrogens is 228 g/mol. The van der Waals surface area contributed by atoms with Crippen LogP contribution in [0.3, 0.4) is 0 Å². The Kier molecular flexibility index (Phi) is 3.02. The summed E-state index contributed by atoms with van der Waals surface area (Å²) < 4.78 is 11.0. The molecule has 1 fully saturated rings. The molecule has 0 amide bonds. The van der Waals surface area contributed by atoms with Crippen LogP contribution < -0.4 is 10.5 Å². The van der Waals surface area contributed by atoms with Crippen molar-refractivity contribution in [1.29, 1.82) is 0 Å². The Morgan fingerprint density at radius 2 is 2.28 bits per heavy atom. The Balaban J connectivity index is 1.74. The van der Waals surface area contributed by atoms with Crippen LogP contribution in [0.1, 0.15) is 6.42 Å². The molecule has 18 heavy (non-hydrogen) atoms. The summed E-state index contributed by atoms with van der Waals surface area (Å²) in [5, 5.41) is 1.03. The van der Waals surface area contributed by atoms with E-state index < -0.39 is 0 Å². The van der Waals surface area contributed by atoms with E-state index in [1.54, 1.807) is 0 Å². The summed E-state index contributed by atoms with van der Waals surface area (Å²) in [7, 11) is 0. The summed E-state index contributed by atoms with van der Waals surface area (Å²) >= 11 is 0. The third-order valence-corrected chi connectivity index (χ3v) is 3.18. The number of ether oxygens (including phenoxy) is 2. The lowest BCUT2D eigenvalue weighted by atomic mass is 10.1. The number of nitrogens with two attached hydrogens (primary N) is 1. The second-order valence-electron chi connectivity index (χ2n) is 4.64. The van der Waals surface area contributed by atoms with Gasteiger partial charge in [-0.05, 0) is 30.7 Å². The number of nitrogen functional groups attached to an aromatic ring is 1. The van der Waals surface area contributed by atoms with Crippen LogP contribution in [-0.4, -0.2) is 24.8 Å². The first kappa shape index (κ1) is 11.3. The quantitative estimate of drug-likeness (QED) is 0.841. The molecule has 94 valence electrons. The largest absolute Gasteiger partial charge is 0.477 e. The van der Waals surface area contributed by atoms with Gasteiger partial charge >= 0.3 is 0 Å². The third-order valence-electron chi connectivity index (χ3n) is 3.18. The molecule has 1 unspecified atom stereocenters. The Hall–Kier alpha value is -1.81. The molecular formula is C14H16N2O2. The Bertz CT molecular complexity index is 550. The van der Waals surface area contributed by atoms with Gasteiger partial charge in [0.2, 0.25) is 5.88 Å². The molecule has 1 aliphatic heterocycles. The van der Waals surface area contributed by atoms with E-state index in [9.17, 15) is 0 Å². The fraction of sp³-hybridized carbons (Fsp3) is 0.357. The lowest BCUT2D eigenvalue weighted by Gasteiger charge is -2.10. The summed E-state index contributed by atoms with van der Waals surface area (Å²) in [6.07, 6.45) is 1.07. The molecule has 1 aromatic carbocycles. The molecule has 2 N–H and O–H groups in total. The maximum Gasteiger partial charge on any atom is 0.213 e. The second kappa shape index (κ2) is 4.82. The van der Waals surface area contributed by atoms with Crippen molar-refractivity contribution < 1.29 is 9.47 Å². The number of hydrogen-bond donors (Lipinski definition) is 1. The number of nitrogens with zero attached hydrogens (tertiary/aromatic N) is 1. The summed E-state index contributed by atoms with van der Waals surface area (Å²) in [5.41, 5.74) is 7.39. The molecule has 0 spiro atoms. The minimum absolute atomic E-state index is 0.494. The van der Waals surface area contributed by atoms with E-state index >= 15 is 0 Å². The molecule has 1 aromatic heterocycles. The van der Waals surface area contributed by atoms with Crippen LogP contribution in [0.5, 0.6) is 5.88 Å². The van der Waals surface area contributed by atoms with Gasteiger partial charge in [-0.15, -0.1) is 0 Å². The van der Waals surface area contributed by atoms with Crippen LogP contribution in [0, 0.1) is 5.92 Å². The van der Waals surface area contributed by atoms with Crippen LogP contribution in [-0.2, 0) is 4.74 Å². The highest BCUT2D eigenvalue weighted by atomic mass is 16.5. The number of hydrogen-bond acceptors (Lipinski definition) is 4. The summed E-state index contributed by atoms with van der Waals surface area (Å²) in [6, 6.07) is 9.55. The van der Waals surface area contributed by atoms with Gasteiger partial charge in [0.1, 0.15) is 0 Å². The molecule has 0 aliphatic carbocycles. The van der Waals surface area contributed by atoms with Gasteiger partial charge in [-0.3, -0.25) is 0 Å². The lowest BCUT2D eigenvalue weighted by Crippen LogP contribution is -2.12. The van der Waals surface area contributed by atoms with Crippen molar-refractivity contribution in [3.05, 3.63) is 30.3 Å². The van der Waals surface area contributed by atoms with Crippen molar-refractivity contribution in [2.75, 3.05) is 25.6 Å². The molecule has 4 heteroatoms. The number of fused-ring (bicyclic) bond motifs is 1. The molecule has 0 bridgehead atoms. The first-order chi connectivity index (χ1) is 8.81. The van der Waals surface area contributed by atoms with Crippen molar-refractivity contribution in [3.8, 4) is 5.88 Å². The zero-order chi connectivity index (χ0) is 12.4. The monoisotopic (exact) mass is 244 g/mol. The molecule has 2 aromatic rings. The maximum absolute atomic E-state index is 5.73. The standard InChI is InChI=1S/C14H16N2O2/c15-12-2-3-13-11(7-12)1-4-14(16-13)18-9-10-5-6-17-8-10/h1-4,7,10H,5-6,8-9,15H2. The summed E-state index contributed by atoms with van der Waals surface area (Å²) in [4.78, 5) is 4.46. The highest BCUT2D eigenvalue weighted by Crippen LogP contribution is 2.20. The minimum atomic E-state index is 0.494. The van der Waals surface area contributed by atoms with Gasteiger partial charge in [-0.1, -0.05) is 0 Å². The summed E-state index contributed by atoms with van der Waals surface area (Å²) in [5.74, 6) is 1.16. The first-order valence-electron chi connectivity index (χ1n) is 6.18. The minimum Gasteiger partial charge on any atom is -0.477 e. The zero-order valence-electron chi connectivity index (χ0n) is 10.1. The van der Waals surface area contributed by atoms with Gasteiger partial charge in [-0.2, -0.15) is 0 Å². The molecule has 1 saturated heterocycles. The van der Waals surface area contributed by atoms with Crippen molar-refractivity contribution in [3.63, 3.8) is 0 Å². The number of rotatable bonds is 3. The van der Waals surface area contributed by atoms with E-state index in [0.717, 1.165) is 36.2 Å². The van der Waals surface area contributed by atoms with Gasteiger partial charge in [0, 0.05) is 29.7 Å². The Morgan fingerprint density at radius 3 is 3.11 bits per heavy atom. The van der Waals surface area contributed by atoms with Crippen molar-refractivity contribution in [1.82, 2.24) is 4.98 Å². The predicted octanol–water partition coefficient (Wildman–Crippen LogP) is 2.23. The molecule has 1 atom stereocenters. The predicted molar refractivity (Wildman–Crippen MR) is 70.6 cm³/mol. The maximum atomic E-state index is 5.73. The highest BCUT2D eigenvalue weighted by Gasteiger charge is 2.16. The molecule has 3 rings (SSSR count). The van der Waals surface area contributed by atoms with E-state index in [0.29, 0.717) is 18.4 Å². The van der Waals surface area contributed by atoms with Gasteiger partial charge in [0.15, 0.2) is 0 Å². The van der Waals surface area contributed by atoms with E-state index in [-0.39, 0.29) is 0 Å². The Labute approximate surface area is 106 Å². The van der Waals surface area contributed by atoms with Gasteiger partial charge in [0.05, 0.1) is 18.7 Å². The first-order valence-corrected chi connectivity index (χ1v) is 6.18. The highest BCUT2D eigenvalue weighted by molar-refractivity contribution is 5.82. The average Bonchev–Trinajstić information content (AvgIpc) is 2.89. The van der Waals surface area contributed by atoms with Crippen LogP contribution in [0.15, 0.2) is 30.3 Å². The molecule has 0 saturated carbocycles. The van der Waals surface area contributed by atoms with E-state index in [2.05, 4.69) is 4.98 Å². The topological polar surface area (TPSA) is 57.4 Å². The molecule has 1 aliphatic rings. The van der Waals surface area contributed by atoms with Crippen molar-refractivity contribution in [2.45, 2.75) is 6.42 Å². The normalized spacial score (nSPS) is 19.2. The van der Waals surface area contributed by atoms with Gasteiger partial charge < -0.3 is 15.2 Å². The van der Waals surface area contributed by atoms with E-state index in [1.165, 1.54) is 0 Å². The average molecular weight is 244 g/mol. The number of benzene rings is 1. The fourth-order valence-corrected chi connectivity index (χ4v) is 2.12. The third kappa shape index (κ3) is 2.38. The molecule has 4 nitrogen and oxygen atoms in total. The number of anilines is 1. The van der Waals surface area contributed by atoms with E-state index in [4.69, 9.17) is 15.2 Å². The zero-order valence-corrected chi connectivity index (χ0v) is 10.1. The lowest BCUT2D eigenvalue weighted by molar-refractivity contribution is 0.165. The van der Waals surface area contributed by atoms with Gasteiger partial charge in [0.25, 0.3) is 0 Å². The van der Waals surface area contributed by atoms with Crippen LogP contribution in [0.2, 0.25) is 0 Å². The van der Waals surface area contributed by atoms with Crippen LogP contribution in [0.25, 0.3) is 10.9 Å². The van der Waals surface area contributed by atoms with E-state index in [1.807, 2.05) is 30.3 Å². The van der Waals surface area contributed by atoms with Crippen molar-refractivity contribution in [2.24, 2.45) is 5.92 Å². The second-order valence-corrected chi connectivity index (χ2v) is 4.64. The SMILES string of the molecule is Nc1ccc2nc(OCC3CCOC3)ccc2c1.